The minimum Gasteiger partial charge on any atom is -0.369 e. The Morgan fingerprint density at radius 1 is 1.35 bits per heavy atom. The van der Waals surface area contributed by atoms with E-state index < -0.39 is 0 Å². The number of carbonyl (C=O) groups is 2. The molecule has 0 aromatic heterocycles. The van der Waals surface area contributed by atoms with Gasteiger partial charge in [0.25, 0.3) is 0 Å². The molecular weight excluding hydrogens is 334 g/mol. The van der Waals surface area contributed by atoms with Crippen molar-refractivity contribution < 1.29 is 9.59 Å². The highest BCUT2D eigenvalue weighted by Gasteiger charge is 2.23. The number of likely N-dealkylation sites (tertiary alicyclic amines) is 1. The molecule has 23 heavy (non-hydrogen) atoms. The number of nitrogens with zero attached hydrogens (tertiary/aromatic N) is 1. The lowest BCUT2D eigenvalue weighted by Gasteiger charge is -2.32. The van der Waals surface area contributed by atoms with Crippen molar-refractivity contribution in [1.29, 1.82) is 0 Å². The van der Waals surface area contributed by atoms with Crippen molar-refractivity contribution in [3.63, 3.8) is 0 Å². The quantitative estimate of drug-likeness (QED) is 0.764. The van der Waals surface area contributed by atoms with E-state index in [1.807, 2.05) is 36.1 Å². The van der Waals surface area contributed by atoms with Crippen molar-refractivity contribution in [2.24, 2.45) is 5.73 Å². The molecule has 1 heterocycles. The molecule has 0 aliphatic carbocycles. The van der Waals surface area contributed by atoms with Gasteiger partial charge in [0.15, 0.2) is 0 Å². The number of nitrogens with one attached hydrogen (secondary N) is 1. The first-order valence-corrected chi connectivity index (χ1v) is 8.93. The van der Waals surface area contributed by atoms with Crippen molar-refractivity contribution in [2.75, 3.05) is 19.6 Å². The zero-order valence-electron chi connectivity index (χ0n) is 13.1. The molecule has 1 aromatic carbocycles. The number of primary amides is 1. The second-order valence-electron chi connectivity index (χ2n) is 5.74. The van der Waals surface area contributed by atoms with E-state index in [-0.39, 0.29) is 23.1 Å². The van der Waals surface area contributed by atoms with Gasteiger partial charge in [-0.25, -0.2) is 0 Å². The maximum absolute atomic E-state index is 12.3. The minimum absolute atomic E-state index is 0.0401. The summed E-state index contributed by atoms with van der Waals surface area (Å²) >= 11 is 7.38. The largest absolute Gasteiger partial charge is 0.369 e. The van der Waals surface area contributed by atoms with Gasteiger partial charge in [-0.05, 0) is 44.0 Å². The Morgan fingerprint density at radius 2 is 1.96 bits per heavy atom. The van der Waals surface area contributed by atoms with E-state index in [0.29, 0.717) is 11.6 Å². The van der Waals surface area contributed by atoms with Crippen LogP contribution in [0.3, 0.4) is 0 Å². The van der Waals surface area contributed by atoms with Gasteiger partial charge in [0.1, 0.15) is 0 Å². The van der Waals surface area contributed by atoms with Gasteiger partial charge in [-0.15, -0.1) is 11.8 Å². The van der Waals surface area contributed by atoms with Gasteiger partial charge in [-0.3, -0.25) is 14.5 Å². The number of hydrogen-bond acceptors (Lipinski definition) is 4. The molecule has 3 N–H and O–H groups in total. The summed E-state index contributed by atoms with van der Waals surface area (Å²) in [5.74, 6) is -0.265. The monoisotopic (exact) mass is 355 g/mol. The Kier molecular flexibility index (Phi) is 6.74. The van der Waals surface area contributed by atoms with Crippen LogP contribution in [0.1, 0.15) is 19.8 Å². The van der Waals surface area contributed by atoms with Crippen LogP contribution in [0.5, 0.6) is 0 Å². The van der Waals surface area contributed by atoms with Crippen molar-refractivity contribution in [2.45, 2.75) is 36.0 Å². The van der Waals surface area contributed by atoms with E-state index in [0.717, 1.165) is 30.8 Å². The number of nitrogens with two attached hydrogens (primary N) is 1. The lowest BCUT2D eigenvalue weighted by molar-refractivity contribution is -0.122. The van der Waals surface area contributed by atoms with Gasteiger partial charge in [0, 0.05) is 29.0 Å². The molecule has 0 spiro atoms. The van der Waals surface area contributed by atoms with E-state index in [1.165, 1.54) is 11.8 Å². The Hall–Kier alpha value is -1.24. The molecule has 2 rings (SSSR count). The number of amides is 2. The molecule has 0 saturated carbocycles. The molecule has 1 unspecified atom stereocenters. The highest BCUT2D eigenvalue weighted by atomic mass is 35.5. The summed E-state index contributed by atoms with van der Waals surface area (Å²) in [7, 11) is 0. The summed E-state index contributed by atoms with van der Waals surface area (Å²) < 4.78 is 0. The molecule has 0 radical (unpaired) electrons. The van der Waals surface area contributed by atoms with Crippen molar-refractivity contribution in [3.8, 4) is 0 Å². The highest BCUT2D eigenvalue weighted by Crippen LogP contribution is 2.25. The van der Waals surface area contributed by atoms with Crippen LogP contribution in [0.25, 0.3) is 0 Å². The zero-order chi connectivity index (χ0) is 16.8. The maximum Gasteiger partial charge on any atom is 0.233 e. The van der Waals surface area contributed by atoms with Crippen LogP contribution in [-0.2, 0) is 9.59 Å². The van der Waals surface area contributed by atoms with Crippen LogP contribution >= 0.6 is 23.4 Å². The lowest BCUT2D eigenvalue weighted by atomic mass is 10.0. The average Bonchev–Trinajstić information content (AvgIpc) is 2.51. The Morgan fingerprint density at radius 3 is 2.52 bits per heavy atom. The zero-order valence-corrected chi connectivity index (χ0v) is 14.7. The molecule has 1 atom stereocenters. The van der Waals surface area contributed by atoms with Gasteiger partial charge >= 0.3 is 0 Å². The first kappa shape index (κ1) is 18.1. The standard InChI is InChI=1S/C16H22ClN3O2S/c1-11(23-14-4-2-12(17)3-5-14)16(22)19-13-6-8-20(9-7-13)10-15(18)21/h2-5,11,13H,6-10H2,1H3,(H2,18,21)(H,19,22). The molecule has 1 aliphatic heterocycles. The molecule has 2 amide bonds. The number of carbonyl (C=O) groups excluding carboxylic acids is 2. The van der Waals surface area contributed by atoms with E-state index in [9.17, 15) is 9.59 Å². The normalized spacial score (nSPS) is 17.7. The molecule has 1 aliphatic rings. The van der Waals surface area contributed by atoms with E-state index in [4.69, 9.17) is 17.3 Å². The summed E-state index contributed by atoms with van der Waals surface area (Å²) in [5.41, 5.74) is 5.20. The smallest absolute Gasteiger partial charge is 0.233 e. The van der Waals surface area contributed by atoms with Crippen LogP contribution in [0.15, 0.2) is 29.2 Å². The summed E-state index contributed by atoms with van der Waals surface area (Å²) in [6.45, 7) is 3.76. The van der Waals surface area contributed by atoms with Crippen LogP contribution in [0, 0.1) is 0 Å². The first-order chi connectivity index (χ1) is 10.9. The Labute approximate surface area is 145 Å². The van der Waals surface area contributed by atoms with Gasteiger partial charge in [-0.1, -0.05) is 11.6 Å². The fourth-order valence-electron chi connectivity index (χ4n) is 2.55. The molecule has 5 nitrogen and oxygen atoms in total. The predicted molar refractivity (Wildman–Crippen MR) is 93.6 cm³/mol. The van der Waals surface area contributed by atoms with Crippen LogP contribution in [-0.4, -0.2) is 47.6 Å². The van der Waals surface area contributed by atoms with Gasteiger partial charge in [0.2, 0.25) is 11.8 Å². The van der Waals surface area contributed by atoms with Crippen LogP contribution in [0.2, 0.25) is 5.02 Å². The summed E-state index contributed by atoms with van der Waals surface area (Å²) in [6, 6.07) is 7.64. The third-order valence-electron chi connectivity index (χ3n) is 3.81. The first-order valence-electron chi connectivity index (χ1n) is 7.67. The van der Waals surface area contributed by atoms with Gasteiger partial charge in [0.05, 0.1) is 11.8 Å². The Balaban J connectivity index is 1.76. The second kappa shape index (κ2) is 8.57. The molecule has 1 aromatic rings. The van der Waals surface area contributed by atoms with Crippen molar-refractivity contribution in [1.82, 2.24) is 10.2 Å². The van der Waals surface area contributed by atoms with Crippen LogP contribution in [0.4, 0.5) is 0 Å². The number of benzene rings is 1. The topological polar surface area (TPSA) is 75.4 Å². The fraction of sp³-hybridized carbons (Fsp3) is 0.500. The minimum atomic E-state index is -0.305. The SMILES string of the molecule is CC(Sc1ccc(Cl)cc1)C(=O)NC1CCN(CC(N)=O)CC1. The van der Waals surface area contributed by atoms with Crippen LogP contribution < -0.4 is 11.1 Å². The van der Waals surface area contributed by atoms with Gasteiger partial charge in [-0.2, -0.15) is 0 Å². The second-order valence-corrected chi connectivity index (χ2v) is 7.59. The van der Waals surface area contributed by atoms with E-state index in [2.05, 4.69) is 5.32 Å². The van der Waals surface area contributed by atoms with Gasteiger partial charge < -0.3 is 11.1 Å². The molecule has 1 saturated heterocycles. The molecule has 7 heteroatoms. The van der Waals surface area contributed by atoms with E-state index >= 15 is 0 Å². The summed E-state index contributed by atoms with van der Waals surface area (Å²) in [5, 5.41) is 3.62. The maximum atomic E-state index is 12.3. The molecular formula is C16H22ClN3O2S. The third-order valence-corrected chi connectivity index (χ3v) is 5.17. The van der Waals surface area contributed by atoms with Crippen molar-refractivity contribution >= 4 is 35.2 Å². The number of thioether (sulfide) groups is 1. The number of hydrogen-bond donors (Lipinski definition) is 2. The molecule has 1 fully saturated rings. The fourth-order valence-corrected chi connectivity index (χ4v) is 3.55. The summed E-state index contributed by atoms with van der Waals surface area (Å²) in [4.78, 5) is 26.3. The third kappa shape index (κ3) is 6.05. The Bertz CT molecular complexity index is 545. The highest BCUT2D eigenvalue weighted by molar-refractivity contribution is 8.00. The number of halogens is 1. The summed E-state index contributed by atoms with van der Waals surface area (Å²) in [6.07, 6.45) is 1.69. The number of rotatable bonds is 6. The number of piperidine rings is 1. The predicted octanol–water partition coefficient (Wildman–Crippen LogP) is 1.89. The van der Waals surface area contributed by atoms with Crippen molar-refractivity contribution in [3.05, 3.63) is 29.3 Å². The lowest BCUT2D eigenvalue weighted by Crippen LogP contribution is -2.48. The molecule has 126 valence electrons. The average molecular weight is 356 g/mol. The van der Waals surface area contributed by atoms with E-state index in [1.54, 1.807) is 0 Å². The molecule has 0 bridgehead atoms.